The fourth-order valence-corrected chi connectivity index (χ4v) is 1.75. The molecule has 5 heteroatoms. The van der Waals surface area contributed by atoms with Gasteiger partial charge in [-0.3, -0.25) is 4.79 Å². The van der Waals surface area contributed by atoms with Crippen molar-refractivity contribution in [3.8, 4) is 5.75 Å². The predicted octanol–water partition coefficient (Wildman–Crippen LogP) is 2.51. The van der Waals surface area contributed by atoms with E-state index in [1.54, 1.807) is 24.3 Å². The van der Waals surface area contributed by atoms with Gasteiger partial charge in [0.15, 0.2) is 6.10 Å². The van der Waals surface area contributed by atoms with Crippen LogP contribution in [0.3, 0.4) is 0 Å². The number of carbonyl (C=O) groups excluding carboxylic acids is 1. The van der Waals surface area contributed by atoms with E-state index in [2.05, 4.69) is 5.32 Å². The minimum atomic E-state index is -1.37. The highest BCUT2D eigenvalue weighted by Gasteiger charge is 2.18. The average molecular weight is 275 g/mol. The van der Waals surface area contributed by atoms with E-state index in [1.165, 1.54) is 31.4 Å². The smallest absolute Gasteiger partial charge is 0.257 e. The Morgan fingerprint density at radius 2 is 1.85 bits per heavy atom. The summed E-state index contributed by atoms with van der Waals surface area (Å²) in [7, 11) is 1.49. The van der Waals surface area contributed by atoms with Crippen LogP contribution in [0, 0.1) is 5.82 Å². The van der Waals surface area contributed by atoms with Crippen LogP contribution in [-0.2, 0) is 4.79 Å². The summed E-state index contributed by atoms with van der Waals surface area (Å²) in [4.78, 5) is 12.0. The first-order chi connectivity index (χ1) is 9.61. The zero-order valence-electron chi connectivity index (χ0n) is 10.8. The molecule has 0 aliphatic carbocycles. The molecule has 0 fully saturated rings. The van der Waals surface area contributed by atoms with Crippen molar-refractivity contribution in [2.75, 3.05) is 12.4 Å². The molecule has 1 atom stereocenters. The van der Waals surface area contributed by atoms with E-state index in [1.807, 2.05) is 0 Å². The zero-order chi connectivity index (χ0) is 14.5. The summed E-state index contributed by atoms with van der Waals surface area (Å²) >= 11 is 0. The summed E-state index contributed by atoms with van der Waals surface area (Å²) in [5.74, 6) is -0.542. The van der Waals surface area contributed by atoms with Crippen molar-refractivity contribution in [2.24, 2.45) is 0 Å². The van der Waals surface area contributed by atoms with E-state index in [9.17, 15) is 14.3 Å². The molecule has 0 aromatic heterocycles. The molecule has 2 aromatic carbocycles. The van der Waals surface area contributed by atoms with Crippen LogP contribution in [0.15, 0.2) is 48.5 Å². The van der Waals surface area contributed by atoms with E-state index < -0.39 is 17.8 Å². The van der Waals surface area contributed by atoms with Crippen LogP contribution in [-0.4, -0.2) is 18.1 Å². The highest BCUT2D eigenvalue weighted by molar-refractivity contribution is 5.95. The number of nitrogens with one attached hydrogen (secondary N) is 1. The lowest BCUT2D eigenvalue weighted by Crippen LogP contribution is -2.21. The van der Waals surface area contributed by atoms with Crippen molar-refractivity contribution >= 4 is 11.6 Å². The first-order valence-corrected chi connectivity index (χ1v) is 5.99. The highest BCUT2D eigenvalue weighted by atomic mass is 19.1. The maximum absolute atomic E-state index is 12.8. The van der Waals surface area contributed by atoms with Crippen LogP contribution in [0.1, 0.15) is 11.7 Å². The molecule has 1 amide bonds. The fourth-order valence-electron chi connectivity index (χ4n) is 1.75. The Morgan fingerprint density at radius 3 is 2.50 bits per heavy atom. The zero-order valence-corrected chi connectivity index (χ0v) is 10.8. The molecule has 0 bridgehead atoms. The van der Waals surface area contributed by atoms with Gasteiger partial charge in [-0.05, 0) is 29.8 Å². The van der Waals surface area contributed by atoms with Gasteiger partial charge in [0.05, 0.1) is 12.8 Å². The number of methoxy groups -OCH3 is 1. The predicted molar refractivity (Wildman–Crippen MR) is 73.0 cm³/mol. The lowest BCUT2D eigenvalue weighted by atomic mass is 10.1. The maximum atomic E-state index is 12.8. The molecular weight excluding hydrogens is 261 g/mol. The number of anilines is 1. The number of halogens is 1. The molecule has 0 aliphatic rings. The topological polar surface area (TPSA) is 58.6 Å². The largest absolute Gasteiger partial charge is 0.495 e. The maximum Gasteiger partial charge on any atom is 0.257 e. The molecule has 2 rings (SSSR count). The van der Waals surface area contributed by atoms with E-state index in [4.69, 9.17) is 4.74 Å². The van der Waals surface area contributed by atoms with Crippen LogP contribution < -0.4 is 10.1 Å². The van der Waals surface area contributed by atoms with Crippen LogP contribution in [0.2, 0.25) is 0 Å². The number of hydrogen-bond acceptors (Lipinski definition) is 3. The lowest BCUT2D eigenvalue weighted by molar-refractivity contribution is -0.124. The summed E-state index contributed by atoms with van der Waals surface area (Å²) in [6.45, 7) is 0. The first-order valence-electron chi connectivity index (χ1n) is 5.99. The van der Waals surface area contributed by atoms with E-state index >= 15 is 0 Å². The normalized spacial score (nSPS) is 11.8. The molecule has 1 unspecified atom stereocenters. The van der Waals surface area contributed by atoms with Crippen molar-refractivity contribution in [3.63, 3.8) is 0 Å². The Morgan fingerprint density at radius 1 is 1.20 bits per heavy atom. The van der Waals surface area contributed by atoms with E-state index in [-0.39, 0.29) is 0 Å². The standard InChI is InChI=1S/C15H14FNO3/c1-20-13-5-3-2-4-12(13)17-15(19)14(18)10-6-8-11(16)9-7-10/h2-9,14,18H,1H3,(H,17,19). The van der Waals surface area contributed by atoms with Gasteiger partial charge in [0, 0.05) is 0 Å². The van der Waals surface area contributed by atoms with Gasteiger partial charge < -0.3 is 15.2 Å². The third-order valence-corrected chi connectivity index (χ3v) is 2.80. The molecule has 104 valence electrons. The number of aliphatic hydroxyl groups excluding tert-OH is 1. The number of hydrogen-bond donors (Lipinski definition) is 2. The van der Waals surface area contributed by atoms with Crippen molar-refractivity contribution in [3.05, 3.63) is 59.9 Å². The van der Waals surface area contributed by atoms with Gasteiger partial charge in [0.25, 0.3) is 5.91 Å². The number of amides is 1. The summed E-state index contributed by atoms with van der Waals surface area (Å²) in [6, 6.07) is 12.0. The molecule has 0 heterocycles. The molecule has 0 radical (unpaired) electrons. The second-order valence-corrected chi connectivity index (χ2v) is 4.14. The van der Waals surface area contributed by atoms with Gasteiger partial charge >= 0.3 is 0 Å². The first kappa shape index (κ1) is 14.0. The number of benzene rings is 2. The molecule has 0 spiro atoms. The fraction of sp³-hybridized carbons (Fsp3) is 0.133. The van der Waals surface area contributed by atoms with E-state index in [0.717, 1.165) is 0 Å². The number of rotatable bonds is 4. The molecule has 0 aliphatic heterocycles. The quantitative estimate of drug-likeness (QED) is 0.901. The Bertz CT molecular complexity index is 598. The molecule has 0 saturated heterocycles. The SMILES string of the molecule is COc1ccccc1NC(=O)C(O)c1ccc(F)cc1. The van der Waals surface area contributed by atoms with Crippen LogP contribution in [0.25, 0.3) is 0 Å². The summed E-state index contributed by atoms with van der Waals surface area (Å²) < 4.78 is 17.9. The van der Waals surface area contributed by atoms with Gasteiger partial charge in [0.2, 0.25) is 0 Å². The molecular formula is C15H14FNO3. The Balaban J connectivity index is 2.13. The van der Waals surface area contributed by atoms with Gasteiger partial charge in [0.1, 0.15) is 11.6 Å². The third kappa shape index (κ3) is 3.13. The minimum absolute atomic E-state index is 0.318. The van der Waals surface area contributed by atoms with Gasteiger partial charge in [-0.15, -0.1) is 0 Å². The average Bonchev–Trinajstić information content (AvgIpc) is 2.48. The van der Waals surface area contributed by atoms with Crippen LogP contribution >= 0.6 is 0 Å². The lowest BCUT2D eigenvalue weighted by Gasteiger charge is -2.13. The van der Waals surface area contributed by atoms with Gasteiger partial charge in [-0.1, -0.05) is 24.3 Å². The van der Waals surface area contributed by atoms with Crippen molar-refractivity contribution in [1.29, 1.82) is 0 Å². The molecule has 4 nitrogen and oxygen atoms in total. The second-order valence-electron chi connectivity index (χ2n) is 4.14. The highest BCUT2D eigenvalue weighted by Crippen LogP contribution is 2.24. The number of ether oxygens (including phenoxy) is 1. The minimum Gasteiger partial charge on any atom is -0.495 e. The molecule has 2 aromatic rings. The van der Waals surface area contributed by atoms with Crippen molar-refractivity contribution in [1.82, 2.24) is 0 Å². The molecule has 20 heavy (non-hydrogen) atoms. The molecule has 0 saturated carbocycles. The summed E-state index contributed by atoms with van der Waals surface area (Å²) in [6.07, 6.45) is -1.37. The Labute approximate surface area is 115 Å². The van der Waals surface area contributed by atoms with Crippen molar-refractivity contribution in [2.45, 2.75) is 6.10 Å². The number of carbonyl (C=O) groups is 1. The number of para-hydroxylation sites is 2. The van der Waals surface area contributed by atoms with Gasteiger partial charge in [-0.25, -0.2) is 4.39 Å². The number of aliphatic hydroxyl groups is 1. The van der Waals surface area contributed by atoms with Crippen LogP contribution in [0.5, 0.6) is 5.75 Å². The Hall–Kier alpha value is -2.40. The molecule has 2 N–H and O–H groups in total. The van der Waals surface area contributed by atoms with E-state index in [0.29, 0.717) is 17.0 Å². The second kappa shape index (κ2) is 6.16. The van der Waals surface area contributed by atoms with Crippen LogP contribution in [0.4, 0.5) is 10.1 Å². The monoisotopic (exact) mass is 275 g/mol. The summed E-state index contributed by atoms with van der Waals surface area (Å²) in [5, 5.41) is 12.5. The summed E-state index contributed by atoms with van der Waals surface area (Å²) in [5.41, 5.74) is 0.778. The van der Waals surface area contributed by atoms with Gasteiger partial charge in [-0.2, -0.15) is 0 Å². The third-order valence-electron chi connectivity index (χ3n) is 2.80. The van der Waals surface area contributed by atoms with Crippen molar-refractivity contribution < 1.29 is 19.0 Å². The Kier molecular flexibility index (Phi) is 4.32.